The van der Waals surface area contributed by atoms with E-state index in [0.29, 0.717) is 5.02 Å². The summed E-state index contributed by atoms with van der Waals surface area (Å²) in [4.78, 5) is 0. The van der Waals surface area contributed by atoms with Gasteiger partial charge in [0.2, 0.25) is 0 Å². The van der Waals surface area contributed by atoms with Gasteiger partial charge in [0.05, 0.1) is 6.04 Å². The van der Waals surface area contributed by atoms with E-state index in [1.165, 1.54) is 0 Å². The first-order chi connectivity index (χ1) is 6.19. The molecule has 70 valence electrons. The molecule has 0 fully saturated rings. The minimum atomic E-state index is -0.120. The average molecular weight is 262 g/mol. The van der Waals surface area contributed by atoms with Crippen LogP contribution in [-0.4, -0.2) is 0 Å². The molecule has 0 saturated carbocycles. The topological polar surface area (TPSA) is 38.0 Å². The van der Waals surface area contributed by atoms with Gasteiger partial charge in [0, 0.05) is 9.50 Å². The van der Waals surface area contributed by atoms with Crippen LogP contribution in [0.5, 0.6) is 0 Å². The van der Waals surface area contributed by atoms with Gasteiger partial charge in [0.25, 0.3) is 0 Å². The van der Waals surface area contributed by atoms with Gasteiger partial charge in [0.15, 0.2) is 0 Å². The summed E-state index contributed by atoms with van der Waals surface area (Å²) in [6, 6.07) is 5.48. The number of benzene rings is 1. The maximum Gasteiger partial charge on any atom is 0.0653 e. The first-order valence-electron chi connectivity index (χ1n) is 3.72. The van der Waals surface area contributed by atoms with Crippen LogP contribution in [0.1, 0.15) is 11.6 Å². The second-order valence-corrected chi connectivity index (χ2v) is 3.87. The number of nitrogens with one attached hydrogen (secondary N) is 1. The molecule has 0 saturated heterocycles. The normalized spacial score (nSPS) is 12.5. The number of hydrogen-bond donors (Lipinski definition) is 2. The molecular formula is C9H10BrClN2. The Hall–Kier alpha value is -0.350. The zero-order valence-corrected chi connectivity index (χ0v) is 9.27. The van der Waals surface area contributed by atoms with E-state index in [0.717, 1.165) is 10.0 Å². The predicted molar refractivity (Wildman–Crippen MR) is 59.4 cm³/mol. The van der Waals surface area contributed by atoms with Gasteiger partial charge in [-0.2, -0.15) is 0 Å². The van der Waals surface area contributed by atoms with Gasteiger partial charge in [-0.3, -0.25) is 5.84 Å². The number of rotatable bonds is 3. The summed E-state index contributed by atoms with van der Waals surface area (Å²) in [7, 11) is 0. The highest BCUT2D eigenvalue weighted by Gasteiger charge is 2.09. The standard InChI is InChI=1S/C9H10BrClN2/c1-2-9(13-12)7-5-6(10)3-4-8(7)11/h2-5,9,13H,1,12H2. The highest BCUT2D eigenvalue weighted by Crippen LogP contribution is 2.26. The minimum absolute atomic E-state index is 0.120. The molecule has 0 aliphatic carbocycles. The summed E-state index contributed by atoms with van der Waals surface area (Å²) >= 11 is 9.35. The summed E-state index contributed by atoms with van der Waals surface area (Å²) in [5.41, 5.74) is 3.52. The SMILES string of the molecule is C=CC(NN)c1cc(Br)ccc1Cl. The van der Waals surface area contributed by atoms with Crippen molar-refractivity contribution in [1.82, 2.24) is 5.43 Å². The van der Waals surface area contributed by atoms with E-state index in [1.807, 2.05) is 18.2 Å². The van der Waals surface area contributed by atoms with Gasteiger partial charge in [-0.15, -0.1) is 6.58 Å². The Labute approximate surface area is 90.9 Å². The fourth-order valence-electron chi connectivity index (χ4n) is 1.04. The van der Waals surface area contributed by atoms with Crippen LogP contribution < -0.4 is 11.3 Å². The quantitative estimate of drug-likeness (QED) is 0.499. The van der Waals surface area contributed by atoms with E-state index >= 15 is 0 Å². The Kier molecular flexibility index (Phi) is 3.93. The smallest absolute Gasteiger partial charge is 0.0653 e. The van der Waals surface area contributed by atoms with Gasteiger partial charge < -0.3 is 0 Å². The fraction of sp³-hybridized carbons (Fsp3) is 0.111. The zero-order valence-electron chi connectivity index (χ0n) is 6.93. The maximum absolute atomic E-state index is 5.98. The summed E-state index contributed by atoms with van der Waals surface area (Å²) in [5, 5.41) is 0.672. The first kappa shape index (κ1) is 10.7. The van der Waals surface area contributed by atoms with E-state index in [1.54, 1.807) is 6.08 Å². The van der Waals surface area contributed by atoms with Crippen molar-refractivity contribution in [3.8, 4) is 0 Å². The van der Waals surface area contributed by atoms with Gasteiger partial charge in [0.1, 0.15) is 0 Å². The zero-order chi connectivity index (χ0) is 9.84. The fourth-order valence-corrected chi connectivity index (χ4v) is 1.65. The molecule has 0 aliphatic heterocycles. The van der Waals surface area contributed by atoms with Gasteiger partial charge >= 0.3 is 0 Å². The lowest BCUT2D eigenvalue weighted by Crippen LogP contribution is -2.26. The number of nitrogens with two attached hydrogens (primary N) is 1. The Bertz CT molecular complexity index is 314. The number of hydrazine groups is 1. The molecule has 0 radical (unpaired) electrons. The third kappa shape index (κ3) is 2.54. The van der Waals surface area contributed by atoms with E-state index in [-0.39, 0.29) is 6.04 Å². The first-order valence-corrected chi connectivity index (χ1v) is 4.89. The molecule has 4 heteroatoms. The van der Waals surface area contributed by atoms with Crippen LogP contribution in [0.3, 0.4) is 0 Å². The lowest BCUT2D eigenvalue weighted by atomic mass is 10.1. The molecule has 0 bridgehead atoms. The van der Waals surface area contributed by atoms with Crippen LogP contribution in [0.15, 0.2) is 35.3 Å². The molecule has 0 amide bonds. The van der Waals surface area contributed by atoms with Crippen molar-refractivity contribution in [1.29, 1.82) is 0 Å². The highest BCUT2D eigenvalue weighted by atomic mass is 79.9. The molecule has 0 spiro atoms. The Morgan fingerprint density at radius 2 is 2.31 bits per heavy atom. The predicted octanol–water partition coefficient (Wildman–Crippen LogP) is 2.79. The van der Waals surface area contributed by atoms with Gasteiger partial charge in [-0.25, -0.2) is 5.43 Å². The van der Waals surface area contributed by atoms with Crippen molar-refractivity contribution in [2.75, 3.05) is 0 Å². The van der Waals surface area contributed by atoms with Crippen LogP contribution in [0.4, 0.5) is 0 Å². The molecule has 3 N–H and O–H groups in total. The van der Waals surface area contributed by atoms with Crippen LogP contribution in [0.2, 0.25) is 5.02 Å². The second-order valence-electron chi connectivity index (χ2n) is 2.55. The molecule has 1 aromatic carbocycles. The Morgan fingerprint density at radius 3 is 2.85 bits per heavy atom. The molecule has 0 heterocycles. The molecule has 0 aliphatic rings. The molecule has 1 atom stereocenters. The average Bonchev–Trinajstić information content (AvgIpc) is 2.13. The van der Waals surface area contributed by atoms with Crippen molar-refractivity contribution in [2.45, 2.75) is 6.04 Å². The molecule has 2 nitrogen and oxygen atoms in total. The van der Waals surface area contributed by atoms with Crippen molar-refractivity contribution < 1.29 is 0 Å². The van der Waals surface area contributed by atoms with Crippen LogP contribution >= 0.6 is 27.5 Å². The Morgan fingerprint density at radius 1 is 1.62 bits per heavy atom. The van der Waals surface area contributed by atoms with Crippen molar-refractivity contribution in [2.24, 2.45) is 5.84 Å². The molecule has 1 unspecified atom stereocenters. The van der Waals surface area contributed by atoms with E-state index in [9.17, 15) is 0 Å². The van der Waals surface area contributed by atoms with Crippen molar-refractivity contribution >= 4 is 27.5 Å². The third-order valence-corrected chi connectivity index (χ3v) is 2.55. The van der Waals surface area contributed by atoms with E-state index in [4.69, 9.17) is 17.4 Å². The molecule has 1 aromatic rings. The van der Waals surface area contributed by atoms with E-state index < -0.39 is 0 Å². The summed E-state index contributed by atoms with van der Waals surface area (Å²) in [6.45, 7) is 3.66. The highest BCUT2D eigenvalue weighted by molar-refractivity contribution is 9.10. The van der Waals surface area contributed by atoms with Crippen LogP contribution in [-0.2, 0) is 0 Å². The number of halogens is 2. The van der Waals surface area contributed by atoms with Gasteiger partial charge in [-0.05, 0) is 23.8 Å². The summed E-state index contributed by atoms with van der Waals surface area (Å²) < 4.78 is 0.967. The number of hydrogen-bond acceptors (Lipinski definition) is 2. The van der Waals surface area contributed by atoms with E-state index in [2.05, 4.69) is 27.9 Å². The molecular weight excluding hydrogens is 251 g/mol. The lowest BCUT2D eigenvalue weighted by molar-refractivity contribution is 0.656. The van der Waals surface area contributed by atoms with Crippen molar-refractivity contribution in [3.63, 3.8) is 0 Å². The van der Waals surface area contributed by atoms with Crippen LogP contribution in [0, 0.1) is 0 Å². The minimum Gasteiger partial charge on any atom is -0.271 e. The maximum atomic E-state index is 5.98. The Balaban J connectivity index is 3.10. The van der Waals surface area contributed by atoms with Crippen molar-refractivity contribution in [3.05, 3.63) is 45.9 Å². The van der Waals surface area contributed by atoms with Crippen LogP contribution in [0.25, 0.3) is 0 Å². The second kappa shape index (κ2) is 4.77. The lowest BCUT2D eigenvalue weighted by Gasteiger charge is -2.13. The largest absolute Gasteiger partial charge is 0.271 e. The van der Waals surface area contributed by atoms with Gasteiger partial charge in [-0.1, -0.05) is 33.6 Å². The summed E-state index contributed by atoms with van der Waals surface area (Å²) in [5.74, 6) is 5.34. The molecule has 13 heavy (non-hydrogen) atoms. The molecule has 0 aromatic heterocycles. The third-order valence-electron chi connectivity index (χ3n) is 1.71. The summed E-state index contributed by atoms with van der Waals surface area (Å²) in [6.07, 6.45) is 1.70. The molecule has 1 rings (SSSR count). The monoisotopic (exact) mass is 260 g/mol.